The van der Waals surface area contributed by atoms with Crippen LogP contribution in [0, 0.1) is 12.7 Å². The van der Waals surface area contributed by atoms with Gasteiger partial charge in [-0.2, -0.15) is 13.2 Å². The molecule has 2 aromatic carbocycles. The molecule has 0 atom stereocenters. The highest BCUT2D eigenvalue weighted by molar-refractivity contribution is 7.17. The van der Waals surface area contributed by atoms with E-state index in [9.17, 15) is 27.5 Å². The number of carboxylic acids is 1. The van der Waals surface area contributed by atoms with Crippen molar-refractivity contribution in [3.63, 3.8) is 0 Å². The van der Waals surface area contributed by atoms with E-state index in [0.29, 0.717) is 37.8 Å². The van der Waals surface area contributed by atoms with Gasteiger partial charge in [-0.05, 0) is 48.7 Å². The molecule has 144 valence electrons. The highest BCUT2D eigenvalue weighted by Crippen LogP contribution is 2.43. The molecule has 0 saturated carbocycles. The van der Waals surface area contributed by atoms with Gasteiger partial charge in [0.05, 0.1) is 5.56 Å². The first-order valence-electron chi connectivity index (χ1n) is 8.26. The zero-order chi connectivity index (χ0) is 20.2. The van der Waals surface area contributed by atoms with E-state index in [1.54, 1.807) is 12.3 Å². The van der Waals surface area contributed by atoms with Crippen LogP contribution in [0.3, 0.4) is 0 Å². The largest absolute Gasteiger partial charge is 0.480 e. The second-order valence-electron chi connectivity index (χ2n) is 6.46. The highest BCUT2D eigenvalue weighted by Gasteiger charge is 2.31. The minimum absolute atomic E-state index is 0.330. The minimum atomic E-state index is -4.48. The fraction of sp³-hybridized carbons (Fsp3) is 0.150. The maximum Gasteiger partial charge on any atom is 0.416 e. The molecule has 0 spiro atoms. The van der Waals surface area contributed by atoms with Crippen molar-refractivity contribution in [2.45, 2.75) is 19.6 Å². The summed E-state index contributed by atoms with van der Waals surface area (Å²) in [6.45, 7) is 1.36. The third-order valence-corrected chi connectivity index (χ3v) is 5.71. The van der Waals surface area contributed by atoms with E-state index in [1.807, 2.05) is 0 Å². The monoisotopic (exact) mass is 407 g/mol. The Bertz CT molecular complexity index is 1240. The van der Waals surface area contributed by atoms with Gasteiger partial charge in [-0.3, -0.25) is 4.79 Å². The molecule has 0 aliphatic carbocycles. The number of benzene rings is 2. The molecule has 0 aliphatic heterocycles. The van der Waals surface area contributed by atoms with E-state index in [1.165, 1.54) is 40.2 Å². The third-order valence-electron chi connectivity index (χ3n) is 4.75. The predicted molar refractivity (Wildman–Crippen MR) is 100 cm³/mol. The molecule has 8 heteroatoms. The summed E-state index contributed by atoms with van der Waals surface area (Å²) in [5.41, 5.74) is 1.38. The van der Waals surface area contributed by atoms with Crippen molar-refractivity contribution in [2.75, 3.05) is 0 Å². The SMILES string of the molecule is Cc1c(-c2csc3ccc(C(F)(F)F)cc23)c2cc(F)ccc2n1CC(=O)O. The van der Waals surface area contributed by atoms with Gasteiger partial charge in [-0.1, -0.05) is 0 Å². The quantitative estimate of drug-likeness (QED) is 0.419. The van der Waals surface area contributed by atoms with E-state index < -0.39 is 23.5 Å². The van der Waals surface area contributed by atoms with Crippen molar-refractivity contribution in [1.29, 1.82) is 0 Å². The third kappa shape index (κ3) is 2.93. The molecule has 2 aromatic heterocycles. The van der Waals surface area contributed by atoms with Gasteiger partial charge in [0.15, 0.2) is 0 Å². The van der Waals surface area contributed by atoms with E-state index in [-0.39, 0.29) is 6.54 Å². The first-order chi connectivity index (χ1) is 13.2. The van der Waals surface area contributed by atoms with Crippen LogP contribution >= 0.6 is 11.3 Å². The smallest absolute Gasteiger partial charge is 0.416 e. The molecule has 0 aliphatic rings. The summed E-state index contributed by atoms with van der Waals surface area (Å²) in [5.74, 6) is -1.57. The lowest BCUT2D eigenvalue weighted by molar-refractivity contribution is -0.138. The Balaban J connectivity index is 2.05. The standard InChI is InChI=1S/C20H13F4NO2S/c1-10-19(14-7-12(21)3-4-16(14)25(10)8-18(26)27)15-9-28-17-5-2-11(6-13(15)17)20(22,23)24/h2-7,9H,8H2,1H3,(H,26,27). The molecule has 0 saturated heterocycles. The number of fused-ring (bicyclic) bond motifs is 2. The summed E-state index contributed by atoms with van der Waals surface area (Å²) < 4.78 is 55.6. The van der Waals surface area contributed by atoms with E-state index in [0.717, 1.165) is 12.1 Å². The van der Waals surface area contributed by atoms with Crippen LogP contribution in [-0.2, 0) is 17.5 Å². The zero-order valence-electron chi connectivity index (χ0n) is 14.5. The molecule has 1 N–H and O–H groups in total. The Kier molecular flexibility index (Phi) is 4.19. The molecule has 2 heterocycles. The Morgan fingerprint density at radius 2 is 1.89 bits per heavy atom. The topological polar surface area (TPSA) is 42.2 Å². The summed E-state index contributed by atoms with van der Waals surface area (Å²) in [6, 6.07) is 7.53. The molecule has 4 rings (SSSR count). The van der Waals surface area contributed by atoms with Gasteiger partial charge in [0.25, 0.3) is 0 Å². The van der Waals surface area contributed by atoms with Gasteiger partial charge >= 0.3 is 12.1 Å². The zero-order valence-corrected chi connectivity index (χ0v) is 15.3. The second-order valence-corrected chi connectivity index (χ2v) is 7.37. The van der Waals surface area contributed by atoms with Crippen molar-refractivity contribution in [3.05, 3.63) is 58.9 Å². The molecule has 0 amide bonds. The van der Waals surface area contributed by atoms with Gasteiger partial charge in [0.1, 0.15) is 12.4 Å². The van der Waals surface area contributed by atoms with Crippen LogP contribution in [0.5, 0.6) is 0 Å². The second kappa shape index (κ2) is 6.34. The maximum absolute atomic E-state index is 13.9. The summed E-state index contributed by atoms with van der Waals surface area (Å²) in [5, 5.41) is 11.8. The maximum atomic E-state index is 13.9. The fourth-order valence-electron chi connectivity index (χ4n) is 3.53. The van der Waals surface area contributed by atoms with Gasteiger partial charge < -0.3 is 9.67 Å². The normalized spacial score (nSPS) is 12.2. The summed E-state index contributed by atoms with van der Waals surface area (Å²) in [7, 11) is 0. The number of carboxylic acid groups (broad SMARTS) is 1. The van der Waals surface area contributed by atoms with Crippen LogP contribution < -0.4 is 0 Å². The van der Waals surface area contributed by atoms with Gasteiger partial charge in [-0.25, -0.2) is 4.39 Å². The van der Waals surface area contributed by atoms with Gasteiger partial charge in [-0.15, -0.1) is 11.3 Å². The number of rotatable bonds is 3. The van der Waals surface area contributed by atoms with Crippen LogP contribution in [-0.4, -0.2) is 15.6 Å². The predicted octanol–water partition coefficient (Wildman–Crippen LogP) is 6.07. The lowest BCUT2D eigenvalue weighted by atomic mass is 10.00. The summed E-state index contributed by atoms with van der Waals surface area (Å²) >= 11 is 1.29. The van der Waals surface area contributed by atoms with Gasteiger partial charge in [0, 0.05) is 37.8 Å². The number of aromatic nitrogens is 1. The van der Waals surface area contributed by atoms with Crippen LogP contribution in [0.1, 0.15) is 11.3 Å². The summed E-state index contributed by atoms with van der Waals surface area (Å²) in [4.78, 5) is 11.3. The van der Waals surface area contributed by atoms with Crippen LogP contribution in [0.4, 0.5) is 17.6 Å². The Morgan fingerprint density at radius 1 is 1.14 bits per heavy atom. The number of alkyl halides is 3. The molecular weight excluding hydrogens is 394 g/mol. The molecule has 28 heavy (non-hydrogen) atoms. The summed E-state index contributed by atoms with van der Waals surface area (Å²) in [6.07, 6.45) is -4.48. The molecule has 4 aromatic rings. The first kappa shape index (κ1) is 18.5. The lowest BCUT2D eigenvalue weighted by Crippen LogP contribution is -2.09. The molecule has 0 fully saturated rings. The van der Waals surface area contributed by atoms with Crippen molar-refractivity contribution in [1.82, 2.24) is 4.57 Å². The van der Waals surface area contributed by atoms with Crippen molar-refractivity contribution in [2.24, 2.45) is 0 Å². The molecular formula is C20H13F4NO2S. The van der Waals surface area contributed by atoms with Crippen LogP contribution in [0.15, 0.2) is 41.8 Å². The number of carbonyl (C=O) groups is 1. The Labute approximate surface area is 160 Å². The number of hydrogen-bond donors (Lipinski definition) is 1. The Hall–Kier alpha value is -2.87. The van der Waals surface area contributed by atoms with Crippen molar-refractivity contribution in [3.8, 4) is 11.1 Å². The lowest BCUT2D eigenvalue weighted by Gasteiger charge is -2.08. The van der Waals surface area contributed by atoms with E-state index >= 15 is 0 Å². The number of aliphatic carboxylic acids is 1. The number of hydrogen-bond acceptors (Lipinski definition) is 2. The van der Waals surface area contributed by atoms with Gasteiger partial charge in [0.2, 0.25) is 0 Å². The first-order valence-corrected chi connectivity index (χ1v) is 9.13. The van der Waals surface area contributed by atoms with Crippen LogP contribution in [0.2, 0.25) is 0 Å². The number of halogens is 4. The molecule has 3 nitrogen and oxygen atoms in total. The fourth-order valence-corrected chi connectivity index (χ4v) is 4.46. The molecule has 0 unspecified atom stereocenters. The Morgan fingerprint density at radius 3 is 2.57 bits per heavy atom. The van der Waals surface area contributed by atoms with E-state index in [4.69, 9.17) is 0 Å². The molecule has 0 radical (unpaired) electrons. The van der Waals surface area contributed by atoms with E-state index in [2.05, 4.69) is 0 Å². The van der Waals surface area contributed by atoms with Crippen molar-refractivity contribution >= 4 is 38.3 Å². The number of nitrogens with zero attached hydrogens (tertiary/aromatic N) is 1. The number of thiophene rings is 1. The average Bonchev–Trinajstić information content (AvgIpc) is 3.12. The molecule has 0 bridgehead atoms. The van der Waals surface area contributed by atoms with Crippen LogP contribution in [0.25, 0.3) is 32.1 Å². The minimum Gasteiger partial charge on any atom is -0.480 e. The highest BCUT2D eigenvalue weighted by atomic mass is 32.1. The average molecular weight is 407 g/mol. The van der Waals surface area contributed by atoms with Crippen molar-refractivity contribution < 1.29 is 27.5 Å².